The van der Waals surface area contributed by atoms with Crippen molar-refractivity contribution >= 4 is 11.4 Å². The van der Waals surface area contributed by atoms with Gasteiger partial charge in [0.05, 0.1) is 6.61 Å². The van der Waals surface area contributed by atoms with Crippen LogP contribution in [0.25, 0.3) is 0 Å². The number of halogens is 2. The summed E-state index contributed by atoms with van der Waals surface area (Å²) in [6.45, 7) is 0.987. The molecule has 1 aliphatic rings. The SMILES string of the molecule is Nc1cc(F)c(N2CCCCO2)c(F)c1. The molecule has 0 bridgehead atoms. The van der Waals surface area contributed by atoms with Gasteiger partial charge in [-0.3, -0.25) is 4.84 Å². The van der Waals surface area contributed by atoms with E-state index < -0.39 is 11.6 Å². The standard InChI is InChI=1S/C10H12F2N2O/c11-8-5-7(13)6-9(12)10(8)14-3-1-2-4-15-14/h5-6H,1-4,13H2. The van der Waals surface area contributed by atoms with Gasteiger partial charge in [-0.15, -0.1) is 0 Å². The van der Waals surface area contributed by atoms with Gasteiger partial charge in [0.1, 0.15) is 5.69 Å². The van der Waals surface area contributed by atoms with Gasteiger partial charge in [0.2, 0.25) is 0 Å². The largest absolute Gasteiger partial charge is 0.399 e. The van der Waals surface area contributed by atoms with Crippen LogP contribution in [0.3, 0.4) is 0 Å². The van der Waals surface area contributed by atoms with Gasteiger partial charge in [-0.05, 0) is 25.0 Å². The lowest BCUT2D eigenvalue weighted by molar-refractivity contribution is 0.0748. The number of hydrogen-bond acceptors (Lipinski definition) is 3. The molecule has 1 heterocycles. The van der Waals surface area contributed by atoms with Crippen LogP contribution in [0.1, 0.15) is 12.8 Å². The molecule has 15 heavy (non-hydrogen) atoms. The fourth-order valence-electron chi connectivity index (χ4n) is 1.60. The van der Waals surface area contributed by atoms with E-state index in [4.69, 9.17) is 10.6 Å². The molecule has 0 radical (unpaired) electrons. The van der Waals surface area contributed by atoms with Gasteiger partial charge in [0, 0.05) is 12.2 Å². The monoisotopic (exact) mass is 214 g/mol. The molecule has 5 heteroatoms. The zero-order chi connectivity index (χ0) is 10.8. The topological polar surface area (TPSA) is 38.5 Å². The maximum absolute atomic E-state index is 13.5. The first-order chi connectivity index (χ1) is 7.18. The summed E-state index contributed by atoms with van der Waals surface area (Å²) in [5.74, 6) is -1.37. The van der Waals surface area contributed by atoms with Crippen molar-refractivity contribution in [1.29, 1.82) is 0 Å². The van der Waals surface area contributed by atoms with Gasteiger partial charge >= 0.3 is 0 Å². The summed E-state index contributed by atoms with van der Waals surface area (Å²) in [7, 11) is 0. The van der Waals surface area contributed by atoms with Crippen LogP contribution < -0.4 is 10.8 Å². The Morgan fingerprint density at radius 3 is 2.40 bits per heavy atom. The molecule has 1 aliphatic heterocycles. The molecule has 82 valence electrons. The van der Waals surface area contributed by atoms with E-state index in [0.717, 1.165) is 25.0 Å². The minimum absolute atomic E-state index is 0.0748. The highest BCUT2D eigenvalue weighted by Crippen LogP contribution is 2.27. The Balaban J connectivity index is 2.33. The van der Waals surface area contributed by atoms with Crippen LogP contribution in [0.2, 0.25) is 0 Å². The molecule has 3 nitrogen and oxygen atoms in total. The van der Waals surface area contributed by atoms with Gasteiger partial charge in [-0.25, -0.2) is 13.8 Å². The molecule has 0 aromatic heterocycles. The predicted molar refractivity (Wildman–Crippen MR) is 53.3 cm³/mol. The summed E-state index contributed by atoms with van der Waals surface area (Å²) in [5, 5.41) is 1.26. The van der Waals surface area contributed by atoms with E-state index in [2.05, 4.69) is 0 Å². The number of nitrogens with two attached hydrogens (primary N) is 1. The van der Waals surface area contributed by atoms with E-state index in [1.165, 1.54) is 5.06 Å². The van der Waals surface area contributed by atoms with Gasteiger partial charge < -0.3 is 5.73 Å². The van der Waals surface area contributed by atoms with E-state index in [-0.39, 0.29) is 11.4 Å². The molecule has 2 N–H and O–H groups in total. The van der Waals surface area contributed by atoms with Gasteiger partial charge in [0.25, 0.3) is 0 Å². The van der Waals surface area contributed by atoms with Crippen molar-refractivity contribution in [2.75, 3.05) is 23.9 Å². The molecule has 0 amide bonds. The van der Waals surface area contributed by atoms with Crippen LogP contribution in [-0.2, 0) is 4.84 Å². The van der Waals surface area contributed by atoms with Crippen LogP contribution in [0.15, 0.2) is 12.1 Å². The Morgan fingerprint density at radius 1 is 1.20 bits per heavy atom. The third-order valence-corrected chi connectivity index (χ3v) is 2.29. The van der Waals surface area contributed by atoms with E-state index in [9.17, 15) is 8.78 Å². The minimum Gasteiger partial charge on any atom is -0.399 e. The van der Waals surface area contributed by atoms with Crippen LogP contribution in [-0.4, -0.2) is 13.2 Å². The lowest BCUT2D eigenvalue weighted by atomic mass is 10.2. The Morgan fingerprint density at radius 2 is 1.87 bits per heavy atom. The van der Waals surface area contributed by atoms with Crippen LogP contribution in [0.5, 0.6) is 0 Å². The fourth-order valence-corrected chi connectivity index (χ4v) is 1.60. The molecule has 0 unspecified atom stereocenters. The quantitative estimate of drug-likeness (QED) is 0.727. The normalized spacial score (nSPS) is 16.8. The molecule has 0 aliphatic carbocycles. The Kier molecular flexibility index (Phi) is 2.73. The highest BCUT2D eigenvalue weighted by molar-refractivity contribution is 5.54. The molecular formula is C10H12F2N2O. The Hall–Kier alpha value is -1.36. The summed E-state index contributed by atoms with van der Waals surface area (Å²) in [5.41, 5.74) is 5.24. The molecule has 1 aromatic carbocycles. The average Bonchev–Trinajstić information content (AvgIpc) is 2.17. The van der Waals surface area contributed by atoms with Crippen molar-refractivity contribution in [3.05, 3.63) is 23.8 Å². The van der Waals surface area contributed by atoms with Crippen molar-refractivity contribution in [2.24, 2.45) is 0 Å². The van der Waals surface area contributed by atoms with E-state index in [0.29, 0.717) is 13.2 Å². The number of nitrogen functional groups attached to an aromatic ring is 1. The number of nitrogens with zero attached hydrogens (tertiary/aromatic N) is 1. The van der Waals surface area contributed by atoms with Crippen LogP contribution in [0.4, 0.5) is 20.2 Å². The third kappa shape index (κ3) is 2.02. The summed E-state index contributed by atoms with van der Waals surface area (Å²) in [6.07, 6.45) is 1.78. The van der Waals surface area contributed by atoms with Gasteiger partial charge in [0.15, 0.2) is 11.6 Å². The van der Waals surface area contributed by atoms with Crippen molar-refractivity contribution in [1.82, 2.24) is 0 Å². The van der Waals surface area contributed by atoms with Crippen molar-refractivity contribution in [3.63, 3.8) is 0 Å². The molecule has 2 rings (SSSR count). The van der Waals surface area contributed by atoms with E-state index >= 15 is 0 Å². The second kappa shape index (κ2) is 4.02. The number of anilines is 2. The van der Waals surface area contributed by atoms with Gasteiger partial charge in [-0.1, -0.05) is 0 Å². The number of rotatable bonds is 1. The van der Waals surface area contributed by atoms with Gasteiger partial charge in [-0.2, -0.15) is 0 Å². The average molecular weight is 214 g/mol. The molecule has 0 atom stereocenters. The van der Waals surface area contributed by atoms with Crippen LogP contribution >= 0.6 is 0 Å². The molecular weight excluding hydrogens is 202 g/mol. The highest BCUT2D eigenvalue weighted by atomic mass is 19.1. The highest BCUT2D eigenvalue weighted by Gasteiger charge is 2.20. The smallest absolute Gasteiger partial charge is 0.153 e. The molecule has 0 spiro atoms. The summed E-state index contributed by atoms with van der Waals surface area (Å²) in [4.78, 5) is 5.18. The minimum atomic E-state index is -0.686. The Labute approximate surface area is 86.4 Å². The number of hydroxylamine groups is 1. The van der Waals surface area contributed by atoms with Crippen LogP contribution in [0, 0.1) is 11.6 Å². The van der Waals surface area contributed by atoms with E-state index in [1.54, 1.807) is 0 Å². The lowest BCUT2D eigenvalue weighted by Crippen LogP contribution is -2.31. The lowest BCUT2D eigenvalue weighted by Gasteiger charge is -2.28. The van der Waals surface area contributed by atoms with Crippen molar-refractivity contribution < 1.29 is 13.6 Å². The molecule has 1 fully saturated rings. The zero-order valence-corrected chi connectivity index (χ0v) is 8.17. The second-order valence-electron chi connectivity index (χ2n) is 3.48. The summed E-state index contributed by atoms with van der Waals surface area (Å²) in [6, 6.07) is 2.19. The predicted octanol–water partition coefficient (Wildman–Crippen LogP) is 2.08. The van der Waals surface area contributed by atoms with Crippen molar-refractivity contribution in [2.45, 2.75) is 12.8 Å². The summed E-state index contributed by atoms with van der Waals surface area (Å²) < 4.78 is 26.9. The molecule has 1 aromatic rings. The second-order valence-corrected chi connectivity index (χ2v) is 3.48. The fraction of sp³-hybridized carbons (Fsp3) is 0.400. The molecule has 1 saturated heterocycles. The summed E-state index contributed by atoms with van der Waals surface area (Å²) >= 11 is 0. The first-order valence-electron chi connectivity index (χ1n) is 4.83. The number of hydrogen-bond donors (Lipinski definition) is 1. The Bertz CT molecular complexity index is 341. The first kappa shape index (κ1) is 10.2. The third-order valence-electron chi connectivity index (χ3n) is 2.29. The maximum atomic E-state index is 13.5. The molecule has 0 saturated carbocycles. The number of benzene rings is 1. The zero-order valence-electron chi connectivity index (χ0n) is 8.17. The van der Waals surface area contributed by atoms with E-state index in [1.807, 2.05) is 0 Å². The first-order valence-corrected chi connectivity index (χ1v) is 4.83. The maximum Gasteiger partial charge on any atom is 0.153 e. The van der Waals surface area contributed by atoms with Crippen molar-refractivity contribution in [3.8, 4) is 0 Å².